The van der Waals surface area contributed by atoms with Crippen LogP contribution in [0, 0.1) is 11.3 Å². The number of hydrogen-bond acceptors (Lipinski definition) is 8. The maximum Gasteiger partial charge on any atom is 0.360 e. The summed E-state index contributed by atoms with van der Waals surface area (Å²) < 4.78 is 15.3. The molecule has 0 radical (unpaired) electrons. The van der Waals surface area contributed by atoms with E-state index in [1.54, 1.807) is 0 Å². The van der Waals surface area contributed by atoms with Crippen LogP contribution in [0.25, 0.3) is 0 Å². The number of anilines is 1. The van der Waals surface area contributed by atoms with Gasteiger partial charge in [-0.25, -0.2) is 14.8 Å². The predicted octanol–water partition coefficient (Wildman–Crippen LogP) is 0.669. The Morgan fingerprint density at radius 2 is 1.92 bits per heavy atom. The molecule has 2 aliphatic rings. The highest BCUT2D eigenvalue weighted by atomic mass is 16.5. The Labute approximate surface area is 140 Å². The summed E-state index contributed by atoms with van der Waals surface area (Å²) in [6, 6.07) is 0. The van der Waals surface area contributed by atoms with E-state index < -0.39 is 5.97 Å². The molecule has 24 heavy (non-hydrogen) atoms. The van der Waals surface area contributed by atoms with Gasteiger partial charge in [0, 0.05) is 44.1 Å². The first kappa shape index (κ1) is 16.6. The second-order valence-electron chi connectivity index (χ2n) is 6.15. The van der Waals surface area contributed by atoms with Gasteiger partial charge < -0.3 is 19.1 Å². The smallest absolute Gasteiger partial charge is 0.360 e. The van der Waals surface area contributed by atoms with Gasteiger partial charge in [-0.1, -0.05) is 0 Å². The van der Waals surface area contributed by atoms with Gasteiger partial charge in [-0.2, -0.15) is 0 Å². The second kappa shape index (κ2) is 6.72. The molecule has 0 saturated carbocycles. The molecule has 0 amide bonds. The van der Waals surface area contributed by atoms with Gasteiger partial charge in [0.2, 0.25) is 0 Å². The zero-order chi connectivity index (χ0) is 17.2. The predicted molar refractivity (Wildman–Crippen MR) is 83.6 cm³/mol. The molecule has 8 heteroatoms. The lowest BCUT2D eigenvalue weighted by Crippen LogP contribution is -2.40. The van der Waals surface area contributed by atoms with Crippen molar-refractivity contribution in [1.29, 1.82) is 0 Å². The van der Waals surface area contributed by atoms with Crippen molar-refractivity contribution >= 4 is 17.8 Å². The van der Waals surface area contributed by atoms with E-state index in [0.29, 0.717) is 32.1 Å². The Bertz CT molecular complexity index is 630. The molecule has 1 aromatic rings. The third kappa shape index (κ3) is 2.82. The zero-order valence-electron chi connectivity index (χ0n) is 13.9. The van der Waals surface area contributed by atoms with Gasteiger partial charge in [0.15, 0.2) is 11.5 Å². The van der Waals surface area contributed by atoms with E-state index in [1.807, 2.05) is 4.90 Å². The summed E-state index contributed by atoms with van der Waals surface area (Å²) >= 11 is 0. The molecule has 1 spiro atoms. The molecule has 0 bridgehead atoms. The minimum absolute atomic E-state index is 0.160. The van der Waals surface area contributed by atoms with Crippen LogP contribution in [0.4, 0.5) is 5.82 Å². The summed E-state index contributed by atoms with van der Waals surface area (Å²) in [7, 11) is 2.71. The van der Waals surface area contributed by atoms with E-state index in [4.69, 9.17) is 14.2 Å². The number of esters is 2. The lowest BCUT2D eigenvalue weighted by Gasteiger charge is -2.36. The van der Waals surface area contributed by atoms with Gasteiger partial charge in [0.1, 0.15) is 0 Å². The lowest BCUT2D eigenvalue weighted by molar-refractivity contribution is -0.150. The molecule has 130 valence electrons. The highest BCUT2D eigenvalue weighted by Crippen LogP contribution is 2.46. The van der Waals surface area contributed by atoms with Crippen LogP contribution in [-0.4, -0.2) is 62.4 Å². The molecule has 3 rings (SSSR count). The number of ether oxygens (including phenoxy) is 3. The molecular weight excluding hydrogens is 314 g/mol. The van der Waals surface area contributed by atoms with Crippen LogP contribution in [0.1, 0.15) is 23.3 Å². The Hall–Kier alpha value is -2.22. The number of carbonyl (C=O) groups is 2. The van der Waals surface area contributed by atoms with Crippen molar-refractivity contribution in [2.24, 2.45) is 11.3 Å². The summed E-state index contributed by atoms with van der Waals surface area (Å²) in [5.74, 6) is -0.607. The van der Waals surface area contributed by atoms with Crippen molar-refractivity contribution < 1.29 is 23.8 Å². The number of rotatable bonds is 3. The highest BCUT2D eigenvalue weighted by molar-refractivity contribution is 5.92. The first-order valence-corrected chi connectivity index (χ1v) is 7.91. The Balaban J connectivity index is 1.94. The third-order valence-electron chi connectivity index (χ3n) is 4.98. The molecule has 8 nitrogen and oxygen atoms in total. The number of hydrogen-bond donors (Lipinski definition) is 0. The second-order valence-corrected chi connectivity index (χ2v) is 6.15. The van der Waals surface area contributed by atoms with E-state index in [1.165, 1.54) is 26.6 Å². The standard InChI is InChI=1S/C16H21N3O5/c1-22-14(20)11-9-19(10-16(11)3-7-24-8-4-16)13-12(15(21)23-2)17-5-6-18-13/h5-6,11H,3-4,7-10H2,1-2H3. The van der Waals surface area contributed by atoms with E-state index in [9.17, 15) is 9.59 Å². The van der Waals surface area contributed by atoms with Gasteiger partial charge in [-0.3, -0.25) is 4.79 Å². The maximum absolute atomic E-state index is 12.3. The van der Waals surface area contributed by atoms with Gasteiger partial charge in [0.25, 0.3) is 0 Å². The van der Waals surface area contributed by atoms with Crippen molar-refractivity contribution in [1.82, 2.24) is 9.97 Å². The minimum Gasteiger partial charge on any atom is -0.469 e. The van der Waals surface area contributed by atoms with Crippen molar-refractivity contribution in [2.75, 3.05) is 45.4 Å². The number of carbonyl (C=O) groups excluding carboxylic acids is 2. The molecule has 1 aromatic heterocycles. The molecule has 1 unspecified atom stereocenters. The van der Waals surface area contributed by atoms with Crippen LogP contribution in [-0.2, 0) is 19.0 Å². The lowest BCUT2D eigenvalue weighted by atomic mass is 9.72. The number of nitrogens with zero attached hydrogens (tertiary/aromatic N) is 3. The molecule has 1 atom stereocenters. The van der Waals surface area contributed by atoms with Crippen LogP contribution in [0.5, 0.6) is 0 Å². The first-order chi connectivity index (χ1) is 11.6. The van der Waals surface area contributed by atoms with Crippen molar-refractivity contribution in [3.8, 4) is 0 Å². The quantitative estimate of drug-likeness (QED) is 0.745. The molecule has 0 aliphatic carbocycles. The number of aromatic nitrogens is 2. The van der Waals surface area contributed by atoms with Crippen LogP contribution in [0.15, 0.2) is 12.4 Å². The Kier molecular flexibility index (Phi) is 4.66. The summed E-state index contributed by atoms with van der Waals surface area (Å²) in [5, 5.41) is 0. The average Bonchev–Trinajstić information content (AvgIpc) is 2.99. The average molecular weight is 335 g/mol. The van der Waals surface area contributed by atoms with Crippen LogP contribution in [0.2, 0.25) is 0 Å². The topological polar surface area (TPSA) is 90.9 Å². The van der Waals surface area contributed by atoms with Crippen LogP contribution < -0.4 is 4.90 Å². The van der Waals surface area contributed by atoms with E-state index >= 15 is 0 Å². The fourth-order valence-corrected chi connectivity index (χ4v) is 3.68. The van der Waals surface area contributed by atoms with Crippen LogP contribution >= 0.6 is 0 Å². The SMILES string of the molecule is COC(=O)c1nccnc1N1CC(C(=O)OC)C2(CCOCC2)C1. The summed E-state index contributed by atoms with van der Waals surface area (Å²) in [4.78, 5) is 34.6. The molecule has 0 N–H and O–H groups in total. The Morgan fingerprint density at radius 3 is 2.58 bits per heavy atom. The fraction of sp³-hybridized carbons (Fsp3) is 0.625. The monoisotopic (exact) mass is 335 g/mol. The van der Waals surface area contributed by atoms with E-state index in [0.717, 1.165) is 12.8 Å². The molecular formula is C16H21N3O5. The number of methoxy groups -OCH3 is 2. The van der Waals surface area contributed by atoms with Gasteiger partial charge in [-0.15, -0.1) is 0 Å². The summed E-state index contributed by atoms with van der Waals surface area (Å²) in [6.07, 6.45) is 4.53. The summed E-state index contributed by atoms with van der Waals surface area (Å²) in [6.45, 7) is 2.28. The Morgan fingerprint density at radius 1 is 1.21 bits per heavy atom. The van der Waals surface area contributed by atoms with Crippen LogP contribution in [0.3, 0.4) is 0 Å². The maximum atomic E-state index is 12.3. The van der Waals surface area contributed by atoms with Gasteiger partial charge in [-0.05, 0) is 12.8 Å². The van der Waals surface area contributed by atoms with Gasteiger partial charge in [0.05, 0.1) is 20.1 Å². The van der Waals surface area contributed by atoms with Crippen molar-refractivity contribution in [3.05, 3.63) is 18.1 Å². The van der Waals surface area contributed by atoms with E-state index in [-0.39, 0.29) is 23.0 Å². The molecule has 2 saturated heterocycles. The first-order valence-electron chi connectivity index (χ1n) is 7.91. The molecule has 2 fully saturated rings. The largest absolute Gasteiger partial charge is 0.469 e. The summed E-state index contributed by atoms with van der Waals surface area (Å²) in [5.41, 5.74) is -0.0660. The minimum atomic E-state index is -0.541. The molecule has 0 aromatic carbocycles. The van der Waals surface area contributed by atoms with E-state index in [2.05, 4.69) is 9.97 Å². The fourth-order valence-electron chi connectivity index (χ4n) is 3.68. The molecule has 3 heterocycles. The highest BCUT2D eigenvalue weighted by Gasteiger charge is 2.52. The molecule has 2 aliphatic heterocycles. The zero-order valence-corrected chi connectivity index (χ0v) is 13.9. The van der Waals surface area contributed by atoms with Gasteiger partial charge >= 0.3 is 11.9 Å². The van der Waals surface area contributed by atoms with Crippen molar-refractivity contribution in [2.45, 2.75) is 12.8 Å². The van der Waals surface area contributed by atoms with Crippen molar-refractivity contribution in [3.63, 3.8) is 0 Å². The normalized spacial score (nSPS) is 22.4. The third-order valence-corrected chi connectivity index (χ3v) is 4.98.